The number of epoxide rings is 1. The average molecular weight is 260 g/mol. The van der Waals surface area contributed by atoms with E-state index in [2.05, 4.69) is 0 Å². The van der Waals surface area contributed by atoms with Gasteiger partial charge in [0.05, 0.1) is 0 Å². The van der Waals surface area contributed by atoms with Gasteiger partial charge in [-0.05, 0) is 12.8 Å². The summed E-state index contributed by atoms with van der Waals surface area (Å²) in [6, 6.07) is 0. The van der Waals surface area contributed by atoms with Gasteiger partial charge < -0.3 is 30.3 Å². The molecule has 0 aromatic heterocycles. The summed E-state index contributed by atoms with van der Waals surface area (Å²) in [5.74, 6) is 0. The molecule has 2 aliphatic carbocycles. The molecule has 1 aliphatic heterocycles. The maximum Gasteiger partial charge on any atom is 0.155 e. The molecule has 2 spiro atoms. The molecule has 0 radical (unpaired) electrons. The first-order chi connectivity index (χ1) is 8.46. The number of aliphatic hydroxyl groups is 5. The molecule has 1 heterocycles. The molecule has 18 heavy (non-hydrogen) atoms. The highest BCUT2D eigenvalue weighted by Crippen LogP contribution is 2.62. The van der Waals surface area contributed by atoms with E-state index in [1.54, 1.807) is 0 Å². The van der Waals surface area contributed by atoms with Crippen LogP contribution in [0, 0.1) is 0 Å². The topological polar surface area (TPSA) is 114 Å². The summed E-state index contributed by atoms with van der Waals surface area (Å²) in [5, 5.41) is 49.4. The van der Waals surface area contributed by atoms with Crippen LogP contribution in [-0.4, -0.2) is 67.3 Å². The molecule has 6 heteroatoms. The van der Waals surface area contributed by atoms with Crippen molar-refractivity contribution in [2.45, 2.75) is 73.8 Å². The zero-order chi connectivity index (χ0) is 13.1. The van der Waals surface area contributed by atoms with E-state index in [0.717, 1.165) is 19.3 Å². The van der Waals surface area contributed by atoms with E-state index < -0.39 is 41.7 Å². The fourth-order valence-corrected chi connectivity index (χ4v) is 3.83. The summed E-state index contributed by atoms with van der Waals surface area (Å²) in [6.45, 7) is 0. The molecule has 0 amide bonds. The molecule has 0 aromatic rings. The van der Waals surface area contributed by atoms with E-state index in [0.29, 0.717) is 12.8 Å². The summed E-state index contributed by atoms with van der Waals surface area (Å²) in [6.07, 6.45) is -2.91. The zero-order valence-electron chi connectivity index (χ0n) is 10.1. The van der Waals surface area contributed by atoms with Gasteiger partial charge in [0, 0.05) is 0 Å². The average Bonchev–Trinajstić information content (AvgIpc) is 3.02. The van der Waals surface area contributed by atoms with E-state index in [4.69, 9.17) is 4.74 Å². The van der Waals surface area contributed by atoms with Gasteiger partial charge in [-0.25, -0.2) is 0 Å². The minimum atomic E-state index is -1.55. The minimum absolute atomic E-state index is 0.647. The summed E-state index contributed by atoms with van der Waals surface area (Å²) >= 11 is 0. The fraction of sp³-hybridized carbons (Fsp3) is 1.00. The second-order valence-corrected chi connectivity index (χ2v) is 5.81. The first kappa shape index (κ1) is 12.8. The van der Waals surface area contributed by atoms with Crippen molar-refractivity contribution in [2.75, 3.05) is 0 Å². The first-order valence-electron chi connectivity index (χ1n) is 6.57. The Bertz CT molecular complexity index is 323. The quantitative estimate of drug-likeness (QED) is 0.331. The molecule has 3 aliphatic rings. The second kappa shape index (κ2) is 3.88. The lowest BCUT2D eigenvalue weighted by atomic mass is 9.68. The Labute approximate surface area is 105 Å². The molecule has 0 bridgehead atoms. The van der Waals surface area contributed by atoms with Crippen LogP contribution >= 0.6 is 0 Å². The SMILES string of the molecule is O[C@H]1[C@@H](O)[C@H](O)[C@@]2(OC23CCCCC3)[C@@H](O)[C@H]1O. The number of ether oxygens (including phenoxy) is 1. The number of fused-ring (bicyclic) bond motifs is 1. The van der Waals surface area contributed by atoms with Gasteiger partial charge in [0.15, 0.2) is 5.60 Å². The molecular weight excluding hydrogens is 240 g/mol. The summed E-state index contributed by atoms with van der Waals surface area (Å²) in [5.41, 5.74) is -1.96. The highest BCUT2D eigenvalue weighted by molar-refractivity contribution is 5.28. The van der Waals surface area contributed by atoms with Crippen molar-refractivity contribution < 1.29 is 30.3 Å². The summed E-state index contributed by atoms with van der Waals surface area (Å²) in [4.78, 5) is 0. The summed E-state index contributed by atoms with van der Waals surface area (Å²) in [7, 11) is 0. The molecule has 0 aromatic carbocycles. The molecule has 1 saturated heterocycles. The van der Waals surface area contributed by atoms with Crippen molar-refractivity contribution in [3.05, 3.63) is 0 Å². The van der Waals surface area contributed by atoms with Crippen molar-refractivity contribution >= 4 is 0 Å². The van der Waals surface area contributed by atoms with Crippen molar-refractivity contribution in [1.82, 2.24) is 0 Å². The third kappa shape index (κ3) is 1.33. The van der Waals surface area contributed by atoms with E-state index >= 15 is 0 Å². The maximum absolute atomic E-state index is 10.1. The third-order valence-corrected chi connectivity index (χ3v) is 4.92. The Kier molecular flexibility index (Phi) is 2.75. The van der Waals surface area contributed by atoms with Crippen LogP contribution in [0.25, 0.3) is 0 Å². The first-order valence-corrected chi connectivity index (χ1v) is 6.57. The van der Waals surface area contributed by atoms with Crippen LogP contribution in [0.4, 0.5) is 0 Å². The Morgan fingerprint density at radius 3 is 1.72 bits per heavy atom. The Hall–Kier alpha value is -0.240. The van der Waals surface area contributed by atoms with E-state index in [-0.39, 0.29) is 0 Å². The smallest absolute Gasteiger partial charge is 0.155 e. The van der Waals surface area contributed by atoms with Gasteiger partial charge in [-0.1, -0.05) is 19.3 Å². The maximum atomic E-state index is 10.1. The van der Waals surface area contributed by atoms with Crippen LogP contribution in [0.1, 0.15) is 32.1 Å². The number of hydrogen-bond acceptors (Lipinski definition) is 6. The second-order valence-electron chi connectivity index (χ2n) is 5.81. The van der Waals surface area contributed by atoms with Crippen molar-refractivity contribution in [2.24, 2.45) is 0 Å². The largest absolute Gasteiger partial charge is 0.387 e. The molecule has 104 valence electrons. The predicted molar refractivity (Wildman–Crippen MR) is 59.7 cm³/mol. The molecule has 3 fully saturated rings. The molecule has 2 saturated carbocycles. The van der Waals surface area contributed by atoms with Crippen LogP contribution in [0.2, 0.25) is 0 Å². The normalized spacial score (nSPS) is 54.8. The Morgan fingerprint density at radius 1 is 0.722 bits per heavy atom. The predicted octanol–water partition coefficient (Wildman–Crippen LogP) is -1.72. The van der Waals surface area contributed by atoms with Crippen LogP contribution in [-0.2, 0) is 4.74 Å². The van der Waals surface area contributed by atoms with Gasteiger partial charge in [0.25, 0.3) is 0 Å². The number of aliphatic hydroxyl groups excluding tert-OH is 5. The Balaban J connectivity index is 1.91. The van der Waals surface area contributed by atoms with Gasteiger partial charge in [-0.15, -0.1) is 0 Å². The van der Waals surface area contributed by atoms with Gasteiger partial charge >= 0.3 is 0 Å². The monoisotopic (exact) mass is 260 g/mol. The van der Waals surface area contributed by atoms with Gasteiger partial charge in [-0.2, -0.15) is 0 Å². The van der Waals surface area contributed by atoms with Crippen LogP contribution in [0.5, 0.6) is 0 Å². The highest BCUT2D eigenvalue weighted by atomic mass is 16.7. The Morgan fingerprint density at radius 2 is 1.22 bits per heavy atom. The molecule has 5 N–H and O–H groups in total. The van der Waals surface area contributed by atoms with E-state index in [1.165, 1.54) is 0 Å². The van der Waals surface area contributed by atoms with Gasteiger partial charge in [0.1, 0.15) is 36.1 Å². The molecule has 6 atom stereocenters. The zero-order valence-corrected chi connectivity index (χ0v) is 10.1. The fourth-order valence-electron chi connectivity index (χ4n) is 3.83. The standard InChI is InChI=1S/C12H20O6/c13-6-7(14)9(16)12(10(17)8(6)15)11(18-12)4-2-1-3-5-11/h6-10,13-17H,1-5H2/t6-,7+,8-,9-,10-,12+/m0/s1. The van der Waals surface area contributed by atoms with E-state index in [9.17, 15) is 25.5 Å². The summed E-state index contributed by atoms with van der Waals surface area (Å²) < 4.78 is 5.66. The van der Waals surface area contributed by atoms with Crippen LogP contribution in [0.3, 0.4) is 0 Å². The van der Waals surface area contributed by atoms with Crippen LogP contribution < -0.4 is 0 Å². The van der Waals surface area contributed by atoms with Crippen molar-refractivity contribution in [1.29, 1.82) is 0 Å². The number of rotatable bonds is 0. The molecule has 3 rings (SSSR count). The van der Waals surface area contributed by atoms with Gasteiger partial charge in [0.2, 0.25) is 0 Å². The highest BCUT2D eigenvalue weighted by Gasteiger charge is 2.80. The van der Waals surface area contributed by atoms with E-state index in [1.807, 2.05) is 0 Å². The number of hydrogen-bond donors (Lipinski definition) is 5. The minimum Gasteiger partial charge on any atom is -0.387 e. The molecular formula is C12H20O6. The third-order valence-electron chi connectivity index (χ3n) is 4.92. The van der Waals surface area contributed by atoms with Gasteiger partial charge in [-0.3, -0.25) is 0 Å². The van der Waals surface area contributed by atoms with Crippen molar-refractivity contribution in [3.8, 4) is 0 Å². The lowest BCUT2D eigenvalue weighted by molar-refractivity contribution is -0.210. The lowest BCUT2D eigenvalue weighted by Crippen LogP contribution is -2.67. The lowest BCUT2D eigenvalue weighted by Gasteiger charge is -2.42. The molecule has 6 nitrogen and oxygen atoms in total. The van der Waals surface area contributed by atoms with Crippen molar-refractivity contribution in [3.63, 3.8) is 0 Å². The van der Waals surface area contributed by atoms with Crippen LogP contribution in [0.15, 0.2) is 0 Å². The molecule has 0 unspecified atom stereocenters.